The molecule has 0 aliphatic rings. The average Bonchev–Trinajstić information content (AvgIpc) is 2.87. The molecule has 4 rings (SSSR count). The van der Waals surface area contributed by atoms with E-state index in [1.165, 1.54) is 0 Å². The maximum absolute atomic E-state index is 13.8. The van der Waals surface area contributed by atoms with E-state index in [0.717, 1.165) is 22.0 Å². The molecule has 0 aromatic heterocycles. The molecule has 0 aliphatic heterocycles. The summed E-state index contributed by atoms with van der Waals surface area (Å²) in [5.41, 5.74) is -4.20. The molecule has 192 valence electrons. The zero-order valence-corrected chi connectivity index (χ0v) is 20.2. The van der Waals surface area contributed by atoms with Gasteiger partial charge in [-0.25, -0.2) is 0 Å². The van der Waals surface area contributed by atoms with E-state index in [4.69, 9.17) is 4.74 Å². The normalized spacial score (nSPS) is 12.4. The van der Waals surface area contributed by atoms with Crippen LogP contribution in [0.15, 0.2) is 103 Å². The minimum Gasteiger partial charge on any atom is -0.507 e. The molecule has 0 saturated carbocycles. The molecule has 0 fully saturated rings. The highest BCUT2D eigenvalue weighted by atomic mass is 31.2. The molecule has 0 amide bonds. The maximum Gasteiger partial charge on any atom is 0.420 e. The second kappa shape index (κ2) is 10.5. The first-order valence-electron chi connectivity index (χ1n) is 11.2. The van der Waals surface area contributed by atoms with Crippen LogP contribution >= 0.6 is 7.26 Å². The van der Waals surface area contributed by atoms with Crippen LogP contribution in [0.2, 0.25) is 0 Å². The summed E-state index contributed by atoms with van der Waals surface area (Å²) in [5, 5.41) is 12.5. The number of phenols is 1. The number of alkyl halides is 6. The third-order valence-electron chi connectivity index (χ3n) is 5.99. The molecule has 4 aromatic carbocycles. The molecule has 9 heteroatoms. The first kappa shape index (κ1) is 26.6. The van der Waals surface area contributed by atoms with Gasteiger partial charge >= 0.3 is 12.4 Å². The number of halogens is 6. The highest BCUT2D eigenvalue weighted by molar-refractivity contribution is 7.95. The summed E-state index contributed by atoms with van der Waals surface area (Å²) in [7, 11) is -2.48. The second-order valence-electron chi connectivity index (χ2n) is 8.22. The van der Waals surface area contributed by atoms with Crippen molar-refractivity contribution in [2.75, 3.05) is 12.8 Å². The largest absolute Gasteiger partial charge is 0.507 e. The number of hydrogen-bond donors (Lipinski definition) is 1. The quantitative estimate of drug-likeness (QED) is 0.208. The van der Waals surface area contributed by atoms with E-state index in [2.05, 4.69) is 0 Å². The number of phenolic OH excluding ortho intramolecular Hbond substituents is 1. The Balaban J connectivity index is 1.81. The van der Waals surface area contributed by atoms with E-state index in [1.807, 2.05) is 91.0 Å². The van der Waals surface area contributed by atoms with Crippen LogP contribution in [0.5, 0.6) is 11.5 Å². The predicted octanol–water partition coefficient (Wildman–Crippen LogP) is 6.80. The Morgan fingerprint density at radius 2 is 0.973 bits per heavy atom. The van der Waals surface area contributed by atoms with Crippen LogP contribution in [0.25, 0.3) is 0 Å². The molecule has 0 heterocycles. The van der Waals surface area contributed by atoms with Crippen molar-refractivity contribution >= 4 is 23.2 Å². The minimum atomic E-state index is -5.43. The van der Waals surface area contributed by atoms with Crippen molar-refractivity contribution in [3.05, 3.63) is 114 Å². The molecule has 0 saturated heterocycles. The Hall–Kier alpha value is -3.51. The Bertz CT molecular complexity index is 1230. The average molecular weight is 535 g/mol. The van der Waals surface area contributed by atoms with E-state index in [1.54, 1.807) is 0 Å². The maximum atomic E-state index is 13.8. The van der Waals surface area contributed by atoms with Crippen LogP contribution in [0.1, 0.15) is 11.1 Å². The van der Waals surface area contributed by atoms with E-state index in [0.29, 0.717) is 6.07 Å². The van der Waals surface area contributed by atoms with Crippen LogP contribution in [0.4, 0.5) is 26.3 Å². The Labute approximate surface area is 210 Å². The lowest BCUT2D eigenvalue weighted by atomic mass is 10.0. The van der Waals surface area contributed by atoms with Gasteiger partial charge in [0.15, 0.2) is 0 Å². The molecule has 0 spiro atoms. The molecule has 0 radical (unpaired) electrons. The lowest BCUT2D eigenvalue weighted by Crippen LogP contribution is -2.35. The van der Waals surface area contributed by atoms with E-state index in [-0.39, 0.29) is 12.8 Å². The molecular formula is C28H22F6O2P+. The van der Waals surface area contributed by atoms with Gasteiger partial charge in [0.25, 0.3) is 0 Å². The third kappa shape index (κ3) is 5.44. The molecular weight excluding hydrogens is 513 g/mol. The van der Waals surface area contributed by atoms with Gasteiger partial charge < -0.3 is 9.84 Å². The number of aromatic hydroxyl groups is 1. The monoisotopic (exact) mass is 535 g/mol. The number of hydrogen-bond acceptors (Lipinski definition) is 2. The van der Waals surface area contributed by atoms with Gasteiger partial charge in [-0.1, -0.05) is 54.6 Å². The predicted molar refractivity (Wildman–Crippen MR) is 134 cm³/mol. The standard InChI is InChI=1S/C28H21F6O2P/c29-27(30,31)25-23(35)16-17-24(26(25)28(32,33)34)36-18-19-37(20-10-4-1-5-11-20,21-12-6-2-7-13-21)22-14-8-3-9-15-22/h1-17H,18-19H2/p+1. The van der Waals surface area contributed by atoms with Gasteiger partial charge in [-0.15, -0.1) is 0 Å². The Morgan fingerprint density at radius 3 is 1.35 bits per heavy atom. The topological polar surface area (TPSA) is 29.5 Å². The van der Waals surface area contributed by atoms with Gasteiger partial charge in [-0.05, 0) is 48.5 Å². The Kier molecular flexibility index (Phi) is 7.51. The summed E-state index contributed by atoms with van der Waals surface area (Å²) in [5.74, 6) is -2.49. The van der Waals surface area contributed by atoms with Crippen molar-refractivity contribution in [3.8, 4) is 11.5 Å². The van der Waals surface area contributed by atoms with E-state index >= 15 is 0 Å². The van der Waals surface area contributed by atoms with Crippen molar-refractivity contribution in [1.82, 2.24) is 0 Å². The molecule has 2 nitrogen and oxygen atoms in total. The van der Waals surface area contributed by atoms with Crippen LogP contribution < -0.4 is 20.7 Å². The van der Waals surface area contributed by atoms with Gasteiger partial charge in [-0.2, -0.15) is 26.3 Å². The first-order valence-corrected chi connectivity index (χ1v) is 13.2. The van der Waals surface area contributed by atoms with Crippen molar-refractivity contribution in [1.29, 1.82) is 0 Å². The lowest BCUT2D eigenvalue weighted by molar-refractivity contribution is -0.163. The summed E-state index contributed by atoms with van der Waals surface area (Å²) < 4.78 is 87.3. The van der Waals surface area contributed by atoms with Crippen molar-refractivity contribution in [3.63, 3.8) is 0 Å². The first-order chi connectivity index (χ1) is 17.5. The molecule has 0 unspecified atom stereocenters. The number of benzene rings is 4. The highest BCUT2D eigenvalue weighted by Gasteiger charge is 2.49. The van der Waals surface area contributed by atoms with Gasteiger partial charge in [0, 0.05) is 0 Å². The number of rotatable bonds is 7. The van der Waals surface area contributed by atoms with Crippen LogP contribution in [0, 0.1) is 0 Å². The van der Waals surface area contributed by atoms with Crippen molar-refractivity contribution in [2.24, 2.45) is 0 Å². The second-order valence-corrected chi connectivity index (χ2v) is 11.8. The van der Waals surface area contributed by atoms with Crippen LogP contribution in [-0.2, 0) is 12.4 Å². The summed E-state index contributed by atoms with van der Waals surface area (Å²) >= 11 is 0. The van der Waals surface area contributed by atoms with Gasteiger partial charge in [0.05, 0.1) is 0 Å². The lowest BCUT2D eigenvalue weighted by Gasteiger charge is -2.28. The summed E-state index contributed by atoms with van der Waals surface area (Å²) in [6, 6.07) is 29.7. The SMILES string of the molecule is Oc1ccc(OCC[P+](c2ccccc2)(c2ccccc2)c2ccccc2)c(C(F)(F)F)c1C(F)(F)F. The van der Waals surface area contributed by atoms with Crippen molar-refractivity contribution in [2.45, 2.75) is 12.4 Å². The van der Waals surface area contributed by atoms with Gasteiger partial charge in [-0.3, -0.25) is 0 Å². The zero-order valence-electron chi connectivity index (χ0n) is 19.3. The molecule has 0 aliphatic carbocycles. The molecule has 1 N–H and O–H groups in total. The van der Waals surface area contributed by atoms with Gasteiger partial charge in [0.1, 0.15) is 58.6 Å². The fourth-order valence-corrected chi connectivity index (χ4v) is 8.51. The molecule has 37 heavy (non-hydrogen) atoms. The van der Waals surface area contributed by atoms with Gasteiger partial charge in [0.2, 0.25) is 0 Å². The minimum absolute atomic E-state index is 0.227. The van der Waals surface area contributed by atoms with Crippen molar-refractivity contribution < 1.29 is 36.2 Å². The molecule has 0 bridgehead atoms. The molecule has 0 atom stereocenters. The third-order valence-corrected chi connectivity index (χ3v) is 10.4. The fourth-order valence-electron chi connectivity index (χ4n) is 4.44. The Morgan fingerprint density at radius 1 is 0.568 bits per heavy atom. The summed E-state index contributed by atoms with van der Waals surface area (Å²) in [6.45, 7) is -0.294. The number of ether oxygens (including phenoxy) is 1. The smallest absolute Gasteiger partial charge is 0.420 e. The summed E-state index contributed by atoms with van der Waals surface area (Å²) in [4.78, 5) is 0. The van der Waals surface area contributed by atoms with Crippen LogP contribution in [-0.4, -0.2) is 17.9 Å². The zero-order chi connectivity index (χ0) is 26.7. The fraction of sp³-hybridized carbons (Fsp3) is 0.143. The van der Waals surface area contributed by atoms with Crippen LogP contribution in [0.3, 0.4) is 0 Å². The summed E-state index contributed by atoms with van der Waals surface area (Å²) in [6.07, 6.45) is -10.6. The highest BCUT2D eigenvalue weighted by Crippen LogP contribution is 2.55. The molecule has 4 aromatic rings. The van der Waals surface area contributed by atoms with E-state index < -0.39 is 42.2 Å². The van der Waals surface area contributed by atoms with E-state index in [9.17, 15) is 31.4 Å².